The van der Waals surface area contributed by atoms with E-state index in [4.69, 9.17) is 10.5 Å². The van der Waals surface area contributed by atoms with E-state index in [9.17, 15) is 9.59 Å². The lowest BCUT2D eigenvalue weighted by Gasteiger charge is -2.33. The second-order valence-corrected chi connectivity index (χ2v) is 7.94. The summed E-state index contributed by atoms with van der Waals surface area (Å²) in [7, 11) is 0. The number of nitrogen functional groups attached to an aromatic ring is 1. The Bertz CT molecular complexity index is 889. The fourth-order valence-electron chi connectivity index (χ4n) is 4.16. The van der Waals surface area contributed by atoms with Gasteiger partial charge in [0, 0.05) is 37.9 Å². The Kier molecular flexibility index (Phi) is 6.28. The van der Waals surface area contributed by atoms with Crippen LogP contribution in [0.25, 0.3) is 0 Å². The first kappa shape index (κ1) is 20.3. The SMILES string of the molecule is Nc1nc(C2CCN(C(=O)[C@H]3CCCO3)CC2)ccc1C(=O)NCc1ccccc1. The number of pyridine rings is 1. The highest BCUT2D eigenvalue weighted by Crippen LogP contribution is 2.29. The van der Waals surface area contributed by atoms with Crippen LogP contribution in [-0.2, 0) is 16.1 Å². The third kappa shape index (κ3) is 4.62. The van der Waals surface area contributed by atoms with Crippen LogP contribution in [0.15, 0.2) is 42.5 Å². The van der Waals surface area contributed by atoms with Crippen molar-refractivity contribution in [1.29, 1.82) is 0 Å². The Labute approximate surface area is 176 Å². The largest absolute Gasteiger partial charge is 0.383 e. The number of benzene rings is 1. The number of hydrogen-bond donors (Lipinski definition) is 2. The highest BCUT2D eigenvalue weighted by atomic mass is 16.5. The molecule has 3 heterocycles. The molecule has 2 amide bonds. The van der Waals surface area contributed by atoms with Crippen LogP contribution in [0.1, 0.15) is 53.2 Å². The van der Waals surface area contributed by atoms with Crippen LogP contribution >= 0.6 is 0 Å². The number of carbonyl (C=O) groups is 2. The summed E-state index contributed by atoms with van der Waals surface area (Å²) in [6.45, 7) is 2.52. The van der Waals surface area contributed by atoms with Gasteiger partial charge >= 0.3 is 0 Å². The molecule has 0 radical (unpaired) electrons. The zero-order valence-electron chi connectivity index (χ0n) is 17.0. The topological polar surface area (TPSA) is 97.6 Å². The molecule has 2 saturated heterocycles. The van der Waals surface area contributed by atoms with E-state index >= 15 is 0 Å². The number of aromatic nitrogens is 1. The van der Waals surface area contributed by atoms with Crippen LogP contribution in [0.5, 0.6) is 0 Å². The molecule has 1 aromatic carbocycles. The van der Waals surface area contributed by atoms with Crippen molar-refractivity contribution in [2.45, 2.75) is 44.2 Å². The van der Waals surface area contributed by atoms with Gasteiger partial charge in [0.05, 0.1) is 5.56 Å². The lowest BCUT2D eigenvalue weighted by Crippen LogP contribution is -2.43. The summed E-state index contributed by atoms with van der Waals surface area (Å²) in [6, 6.07) is 13.4. The van der Waals surface area contributed by atoms with E-state index in [1.165, 1.54) is 0 Å². The number of ether oxygens (including phenoxy) is 1. The van der Waals surface area contributed by atoms with E-state index in [0.29, 0.717) is 31.8 Å². The van der Waals surface area contributed by atoms with E-state index in [2.05, 4.69) is 10.3 Å². The summed E-state index contributed by atoms with van der Waals surface area (Å²) >= 11 is 0. The van der Waals surface area contributed by atoms with Crippen LogP contribution in [0.2, 0.25) is 0 Å². The first-order valence-electron chi connectivity index (χ1n) is 10.6. The summed E-state index contributed by atoms with van der Waals surface area (Å²) in [5.41, 5.74) is 8.40. The normalized spacial score (nSPS) is 19.6. The summed E-state index contributed by atoms with van der Waals surface area (Å²) in [5.74, 6) is 0.370. The first-order chi connectivity index (χ1) is 14.6. The molecule has 3 N–H and O–H groups in total. The third-order valence-corrected chi connectivity index (χ3v) is 5.92. The molecule has 4 rings (SSSR count). The highest BCUT2D eigenvalue weighted by Gasteiger charge is 2.31. The minimum Gasteiger partial charge on any atom is -0.383 e. The van der Waals surface area contributed by atoms with Crippen molar-refractivity contribution < 1.29 is 14.3 Å². The maximum Gasteiger partial charge on any atom is 0.255 e. The van der Waals surface area contributed by atoms with Gasteiger partial charge in [0.15, 0.2) is 0 Å². The fourth-order valence-corrected chi connectivity index (χ4v) is 4.16. The standard InChI is InChI=1S/C23H28N4O3/c24-21-18(22(28)25-15-16-5-2-1-3-6-16)8-9-19(26-21)17-10-12-27(13-11-17)23(29)20-7-4-14-30-20/h1-3,5-6,8-9,17,20H,4,7,10-15H2,(H2,24,26)(H,25,28)/t20-/m1/s1. The van der Waals surface area contributed by atoms with Crippen LogP contribution in [0.3, 0.4) is 0 Å². The molecule has 1 atom stereocenters. The monoisotopic (exact) mass is 408 g/mol. The maximum atomic E-state index is 12.5. The van der Waals surface area contributed by atoms with Gasteiger partial charge in [-0.2, -0.15) is 0 Å². The Hall–Kier alpha value is -2.93. The molecular weight excluding hydrogens is 380 g/mol. The molecule has 2 aromatic rings. The molecule has 0 spiro atoms. The molecule has 2 aliphatic heterocycles. The Balaban J connectivity index is 1.33. The lowest BCUT2D eigenvalue weighted by atomic mass is 9.92. The predicted molar refractivity (Wildman–Crippen MR) is 114 cm³/mol. The second kappa shape index (κ2) is 9.26. The van der Waals surface area contributed by atoms with Crippen LogP contribution in [0, 0.1) is 0 Å². The number of anilines is 1. The maximum absolute atomic E-state index is 12.5. The zero-order valence-corrected chi connectivity index (χ0v) is 17.0. The number of piperidine rings is 1. The van der Waals surface area contributed by atoms with Gasteiger partial charge in [0.2, 0.25) is 0 Å². The number of nitrogens with two attached hydrogens (primary N) is 1. The number of nitrogens with zero attached hydrogens (tertiary/aromatic N) is 2. The van der Waals surface area contributed by atoms with Crippen molar-refractivity contribution in [2.24, 2.45) is 0 Å². The van der Waals surface area contributed by atoms with Crippen molar-refractivity contribution in [3.05, 3.63) is 59.3 Å². The predicted octanol–water partition coefficient (Wildman–Crippen LogP) is 2.48. The average molecular weight is 409 g/mol. The second-order valence-electron chi connectivity index (χ2n) is 7.94. The van der Waals surface area contributed by atoms with Gasteiger partial charge in [-0.3, -0.25) is 9.59 Å². The van der Waals surface area contributed by atoms with E-state index < -0.39 is 0 Å². The van der Waals surface area contributed by atoms with E-state index in [0.717, 1.165) is 36.9 Å². The number of rotatable bonds is 5. The number of nitrogens with one attached hydrogen (secondary N) is 1. The first-order valence-corrected chi connectivity index (χ1v) is 10.6. The molecule has 7 nitrogen and oxygen atoms in total. The van der Waals surface area contributed by atoms with Gasteiger partial charge in [-0.25, -0.2) is 4.98 Å². The van der Waals surface area contributed by atoms with Gasteiger partial charge in [-0.15, -0.1) is 0 Å². The number of likely N-dealkylation sites (tertiary alicyclic amines) is 1. The van der Waals surface area contributed by atoms with Crippen molar-refractivity contribution in [2.75, 3.05) is 25.4 Å². The summed E-state index contributed by atoms with van der Waals surface area (Å²) in [6.07, 6.45) is 3.20. The summed E-state index contributed by atoms with van der Waals surface area (Å²) in [4.78, 5) is 31.4. The molecule has 7 heteroatoms. The molecule has 0 saturated carbocycles. The Morgan fingerprint density at radius 2 is 1.87 bits per heavy atom. The molecule has 2 fully saturated rings. The average Bonchev–Trinajstić information content (AvgIpc) is 3.33. The lowest BCUT2D eigenvalue weighted by molar-refractivity contribution is -0.142. The Morgan fingerprint density at radius 1 is 1.10 bits per heavy atom. The molecular formula is C23H28N4O3. The van der Waals surface area contributed by atoms with E-state index in [-0.39, 0.29) is 29.7 Å². The molecule has 0 aliphatic carbocycles. The fraction of sp³-hybridized carbons (Fsp3) is 0.435. The number of hydrogen-bond acceptors (Lipinski definition) is 5. The number of carbonyl (C=O) groups excluding carboxylic acids is 2. The zero-order chi connectivity index (χ0) is 20.9. The van der Waals surface area contributed by atoms with Gasteiger partial charge in [-0.05, 0) is 43.4 Å². The molecule has 158 valence electrons. The molecule has 2 aliphatic rings. The van der Waals surface area contributed by atoms with Crippen LogP contribution in [-0.4, -0.2) is 47.5 Å². The summed E-state index contributed by atoms with van der Waals surface area (Å²) in [5, 5.41) is 2.89. The van der Waals surface area contributed by atoms with Gasteiger partial charge in [0.25, 0.3) is 11.8 Å². The third-order valence-electron chi connectivity index (χ3n) is 5.92. The van der Waals surface area contributed by atoms with Gasteiger partial charge in [0.1, 0.15) is 11.9 Å². The van der Waals surface area contributed by atoms with Gasteiger partial charge < -0.3 is 20.7 Å². The van der Waals surface area contributed by atoms with Crippen molar-refractivity contribution >= 4 is 17.6 Å². The smallest absolute Gasteiger partial charge is 0.255 e. The van der Waals surface area contributed by atoms with Gasteiger partial charge in [-0.1, -0.05) is 30.3 Å². The summed E-state index contributed by atoms with van der Waals surface area (Å²) < 4.78 is 5.52. The van der Waals surface area contributed by atoms with Crippen molar-refractivity contribution in [1.82, 2.24) is 15.2 Å². The number of amides is 2. The quantitative estimate of drug-likeness (QED) is 0.792. The van der Waals surface area contributed by atoms with Crippen molar-refractivity contribution in [3.63, 3.8) is 0 Å². The highest BCUT2D eigenvalue weighted by molar-refractivity contribution is 5.98. The van der Waals surface area contributed by atoms with Crippen molar-refractivity contribution in [3.8, 4) is 0 Å². The molecule has 1 aromatic heterocycles. The van der Waals surface area contributed by atoms with Crippen LogP contribution < -0.4 is 11.1 Å². The molecule has 30 heavy (non-hydrogen) atoms. The molecule has 0 unspecified atom stereocenters. The molecule has 0 bridgehead atoms. The van der Waals surface area contributed by atoms with E-state index in [1.54, 1.807) is 6.07 Å². The minimum atomic E-state index is -0.260. The Morgan fingerprint density at radius 3 is 2.53 bits per heavy atom. The van der Waals surface area contributed by atoms with Crippen LogP contribution in [0.4, 0.5) is 5.82 Å². The minimum absolute atomic E-state index is 0.115. The van der Waals surface area contributed by atoms with E-state index in [1.807, 2.05) is 41.3 Å².